The largest absolute Gasteiger partial charge is 0.481 e. The summed E-state index contributed by atoms with van der Waals surface area (Å²) in [6.45, 7) is 0.161. The highest BCUT2D eigenvalue weighted by molar-refractivity contribution is 7.80. The molecule has 4 atom stereocenters. The standard InChI is InChI=1S/C24H34N8O7S/c25-14(9-19(33)34)20(35)31-17(8-12-10-29-15-5-2-1-4-13(12)15)21(36)32-18(11-40)22(37)30-16(23(38)39)6-3-7-28-24(26)27/h1-2,4-5,10,14,16-18,29,40H,3,6-9,11,25H2,(H,30,37)(H,31,35)(H,32,36)(H,33,34)(H,38,39)(H4,26,27,28). The molecule has 0 aliphatic carbocycles. The lowest BCUT2D eigenvalue weighted by atomic mass is 10.0. The van der Waals surface area contributed by atoms with Gasteiger partial charge in [-0.15, -0.1) is 0 Å². The van der Waals surface area contributed by atoms with Crippen LogP contribution in [0.25, 0.3) is 10.9 Å². The van der Waals surface area contributed by atoms with Crippen LogP contribution in [-0.4, -0.2) is 87.3 Å². The van der Waals surface area contributed by atoms with Crippen LogP contribution in [-0.2, 0) is 30.4 Å². The molecule has 0 spiro atoms. The Morgan fingerprint density at radius 2 is 1.57 bits per heavy atom. The summed E-state index contributed by atoms with van der Waals surface area (Å²) in [5.74, 6) is -5.39. The van der Waals surface area contributed by atoms with Gasteiger partial charge in [0.1, 0.15) is 18.1 Å². The third kappa shape index (κ3) is 9.77. The van der Waals surface area contributed by atoms with Crippen molar-refractivity contribution in [3.63, 3.8) is 0 Å². The number of carboxylic acids is 2. The number of nitrogens with one attached hydrogen (secondary N) is 4. The maximum Gasteiger partial charge on any atom is 0.326 e. The lowest BCUT2D eigenvalue weighted by Crippen LogP contribution is -2.58. The molecule has 1 aromatic carbocycles. The third-order valence-electron chi connectivity index (χ3n) is 5.84. The molecule has 2 rings (SSSR count). The van der Waals surface area contributed by atoms with Gasteiger partial charge in [-0.2, -0.15) is 12.6 Å². The predicted octanol–water partition coefficient (Wildman–Crippen LogP) is -1.97. The fourth-order valence-corrected chi connectivity index (χ4v) is 4.05. The highest BCUT2D eigenvalue weighted by Crippen LogP contribution is 2.19. The Kier molecular flexibility index (Phi) is 12.2. The second kappa shape index (κ2) is 15.3. The van der Waals surface area contributed by atoms with E-state index in [1.807, 2.05) is 18.2 Å². The molecule has 4 unspecified atom stereocenters. The van der Waals surface area contributed by atoms with Crippen molar-refractivity contribution in [1.82, 2.24) is 20.9 Å². The number of amides is 3. The number of hydrogen-bond acceptors (Lipinski definition) is 8. The molecule has 0 bridgehead atoms. The Balaban J connectivity index is 2.18. The number of guanidine groups is 1. The molecule has 0 saturated heterocycles. The van der Waals surface area contributed by atoms with Crippen LogP contribution in [0.2, 0.25) is 0 Å². The number of hydrogen-bond donors (Lipinski definition) is 10. The normalized spacial score (nSPS) is 13.8. The highest BCUT2D eigenvalue weighted by Gasteiger charge is 2.30. The number of nitrogens with two attached hydrogens (primary N) is 3. The van der Waals surface area contributed by atoms with Crippen LogP contribution < -0.4 is 33.2 Å². The number of aliphatic carboxylic acids is 2. The molecule has 40 heavy (non-hydrogen) atoms. The number of para-hydroxylation sites is 1. The van der Waals surface area contributed by atoms with Gasteiger partial charge in [-0.1, -0.05) is 18.2 Å². The highest BCUT2D eigenvalue weighted by atomic mass is 32.1. The van der Waals surface area contributed by atoms with Crippen LogP contribution in [0, 0.1) is 0 Å². The average molecular weight is 579 g/mol. The first kappa shape index (κ1) is 31.9. The first-order valence-corrected chi connectivity index (χ1v) is 12.9. The van der Waals surface area contributed by atoms with Gasteiger partial charge >= 0.3 is 11.9 Å². The molecule has 12 N–H and O–H groups in total. The lowest BCUT2D eigenvalue weighted by molar-refractivity contribution is -0.142. The number of carbonyl (C=O) groups excluding carboxylic acids is 3. The minimum Gasteiger partial charge on any atom is -0.481 e. The minimum atomic E-state index is -1.42. The van der Waals surface area contributed by atoms with Crippen molar-refractivity contribution in [2.45, 2.75) is 49.9 Å². The van der Waals surface area contributed by atoms with Gasteiger partial charge in [0.2, 0.25) is 17.7 Å². The van der Waals surface area contributed by atoms with E-state index in [9.17, 15) is 29.1 Å². The number of H-pyrrole nitrogens is 1. The molecular formula is C24H34N8O7S. The smallest absolute Gasteiger partial charge is 0.326 e. The van der Waals surface area contributed by atoms with Crippen molar-refractivity contribution < 1.29 is 34.2 Å². The SMILES string of the molecule is NC(N)=NCCCC(NC(=O)C(CS)NC(=O)C(Cc1c[nH]c2ccccc12)NC(=O)C(N)CC(=O)O)C(=O)O. The van der Waals surface area contributed by atoms with E-state index in [0.717, 1.165) is 10.9 Å². The van der Waals surface area contributed by atoms with Gasteiger partial charge in [-0.25, -0.2) is 4.79 Å². The zero-order valence-electron chi connectivity index (χ0n) is 21.5. The molecule has 3 amide bonds. The van der Waals surface area contributed by atoms with Gasteiger partial charge in [-0.05, 0) is 24.5 Å². The zero-order chi connectivity index (χ0) is 29.8. The molecule has 0 aliphatic heterocycles. The number of rotatable bonds is 16. The summed E-state index contributed by atoms with van der Waals surface area (Å²) in [6.07, 6.45) is 1.27. The number of aromatic nitrogens is 1. The summed E-state index contributed by atoms with van der Waals surface area (Å²) in [7, 11) is 0. The molecule has 0 saturated carbocycles. The minimum absolute atomic E-state index is 0.0196. The Labute approximate surface area is 234 Å². The topological polar surface area (TPSA) is 268 Å². The molecule has 0 aliphatic rings. The molecule has 15 nitrogen and oxygen atoms in total. The van der Waals surface area contributed by atoms with Crippen molar-refractivity contribution in [2.24, 2.45) is 22.2 Å². The van der Waals surface area contributed by atoms with Crippen LogP contribution in [0.3, 0.4) is 0 Å². The molecule has 218 valence electrons. The molecule has 16 heteroatoms. The summed E-state index contributed by atoms with van der Waals surface area (Å²) in [5.41, 5.74) is 17.6. The number of benzene rings is 1. The second-order valence-corrected chi connectivity index (χ2v) is 9.29. The molecule has 1 heterocycles. The van der Waals surface area contributed by atoms with Crippen molar-refractivity contribution in [2.75, 3.05) is 12.3 Å². The van der Waals surface area contributed by atoms with Gasteiger partial charge in [0.05, 0.1) is 12.5 Å². The summed E-state index contributed by atoms with van der Waals surface area (Å²) in [5, 5.41) is 26.5. The first-order valence-electron chi connectivity index (χ1n) is 12.3. The maximum atomic E-state index is 13.3. The second-order valence-electron chi connectivity index (χ2n) is 8.92. The fourth-order valence-electron chi connectivity index (χ4n) is 3.79. The predicted molar refractivity (Wildman–Crippen MR) is 149 cm³/mol. The molecule has 0 fully saturated rings. The maximum absolute atomic E-state index is 13.3. The Morgan fingerprint density at radius 3 is 2.20 bits per heavy atom. The third-order valence-corrected chi connectivity index (χ3v) is 6.20. The van der Waals surface area contributed by atoms with Crippen LogP contribution >= 0.6 is 12.6 Å². The van der Waals surface area contributed by atoms with Crippen LogP contribution in [0.5, 0.6) is 0 Å². The fraction of sp³-hybridized carbons (Fsp3) is 0.417. The van der Waals surface area contributed by atoms with Crippen molar-refractivity contribution in [3.05, 3.63) is 36.0 Å². The summed E-state index contributed by atoms with van der Waals surface area (Å²) in [6, 6.07) is 2.05. The summed E-state index contributed by atoms with van der Waals surface area (Å²) < 4.78 is 0. The van der Waals surface area contributed by atoms with Gasteiger partial charge in [0.25, 0.3) is 0 Å². The van der Waals surface area contributed by atoms with E-state index >= 15 is 0 Å². The van der Waals surface area contributed by atoms with E-state index in [-0.39, 0.29) is 37.5 Å². The number of carbonyl (C=O) groups is 5. The number of aromatic amines is 1. The van der Waals surface area contributed by atoms with Crippen LogP contribution in [0.1, 0.15) is 24.8 Å². The van der Waals surface area contributed by atoms with Crippen molar-refractivity contribution in [1.29, 1.82) is 0 Å². The zero-order valence-corrected chi connectivity index (χ0v) is 22.4. The first-order chi connectivity index (χ1) is 18.9. The summed E-state index contributed by atoms with van der Waals surface area (Å²) in [4.78, 5) is 68.2. The van der Waals surface area contributed by atoms with E-state index in [0.29, 0.717) is 5.56 Å². The lowest BCUT2D eigenvalue weighted by Gasteiger charge is -2.24. The number of aliphatic imine (C=N–C) groups is 1. The Morgan fingerprint density at radius 1 is 0.950 bits per heavy atom. The summed E-state index contributed by atoms with van der Waals surface area (Å²) >= 11 is 4.11. The Bertz CT molecular complexity index is 1250. The van der Waals surface area contributed by atoms with E-state index in [4.69, 9.17) is 22.3 Å². The van der Waals surface area contributed by atoms with E-state index in [1.165, 1.54) is 0 Å². The molecular weight excluding hydrogens is 544 g/mol. The van der Waals surface area contributed by atoms with Crippen LogP contribution in [0.4, 0.5) is 0 Å². The van der Waals surface area contributed by atoms with Gasteiger partial charge in [-0.3, -0.25) is 24.2 Å². The quantitative estimate of drug-likeness (QED) is 0.0454. The van der Waals surface area contributed by atoms with E-state index < -0.39 is 60.2 Å². The monoisotopic (exact) mass is 578 g/mol. The molecule has 0 radical (unpaired) electrons. The van der Waals surface area contributed by atoms with Crippen LogP contribution in [0.15, 0.2) is 35.5 Å². The number of carboxylic acid groups (broad SMARTS) is 2. The average Bonchev–Trinajstić information content (AvgIpc) is 3.30. The number of nitrogens with zero attached hydrogens (tertiary/aromatic N) is 1. The van der Waals surface area contributed by atoms with E-state index in [2.05, 4.69) is 38.6 Å². The molecule has 2 aromatic rings. The van der Waals surface area contributed by atoms with Gasteiger partial charge < -0.3 is 48.3 Å². The van der Waals surface area contributed by atoms with Gasteiger partial charge in [0, 0.05) is 35.8 Å². The van der Waals surface area contributed by atoms with Crippen molar-refractivity contribution in [3.8, 4) is 0 Å². The van der Waals surface area contributed by atoms with Crippen molar-refractivity contribution >= 4 is 59.2 Å². The van der Waals surface area contributed by atoms with Gasteiger partial charge in [0.15, 0.2) is 5.96 Å². The number of thiol groups is 1. The Hall–Kier alpha value is -4.31. The number of fused-ring (bicyclic) bond motifs is 1. The molecule has 1 aromatic heterocycles. The van der Waals surface area contributed by atoms with E-state index in [1.54, 1.807) is 12.3 Å².